The molecule has 2 aromatic heterocycles. The van der Waals surface area contributed by atoms with Gasteiger partial charge in [-0.15, -0.1) is 5.10 Å². The highest BCUT2D eigenvalue weighted by molar-refractivity contribution is 6.05. The summed E-state index contributed by atoms with van der Waals surface area (Å²) in [4.78, 5) is 16.3. The molecular weight excluding hydrogens is 365 g/mol. The number of aromatic nitrogens is 3. The van der Waals surface area contributed by atoms with Gasteiger partial charge < -0.3 is 14.3 Å². The van der Waals surface area contributed by atoms with Gasteiger partial charge in [0.25, 0.3) is 0 Å². The SMILES string of the molecule is COC(C)(C)n1cnc(C(O)=CC(=O)c2ccc(Cc3ccc(F)cc3)o2)n1. The van der Waals surface area contributed by atoms with E-state index in [2.05, 4.69) is 10.1 Å². The zero-order valence-electron chi connectivity index (χ0n) is 15.7. The molecule has 2 heterocycles. The second-order valence-electron chi connectivity index (χ2n) is 6.63. The number of aliphatic hydroxyl groups excluding tert-OH is 1. The standard InChI is InChI=1S/C20H20FN3O4/c1-20(2,27-3)24-12-22-19(23-24)17(26)11-16(25)18-9-8-15(28-18)10-13-4-6-14(21)7-5-13/h4-9,11-12,26H,10H2,1-3H3. The lowest BCUT2D eigenvalue weighted by Gasteiger charge is -2.22. The van der Waals surface area contributed by atoms with Crippen LogP contribution in [0.3, 0.4) is 0 Å². The summed E-state index contributed by atoms with van der Waals surface area (Å²) >= 11 is 0. The van der Waals surface area contributed by atoms with Crippen LogP contribution in [0.4, 0.5) is 4.39 Å². The van der Waals surface area contributed by atoms with Gasteiger partial charge in [0.15, 0.2) is 17.2 Å². The molecule has 1 aromatic carbocycles. The number of benzene rings is 1. The zero-order chi connectivity index (χ0) is 20.3. The number of rotatable bonds is 7. The Kier molecular flexibility index (Phi) is 5.41. The topological polar surface area (TPSA) is 90.4 Å². The number of ether oxygens (including phenoxy) is 1. The molecular formula is C20H20FN3O4. The van der Waals surface area contributed by atoms with Crippen LogP contribution in [0, 0.1) is 5.82 Å². The Morgan fingerprint density at radius 2 is 2.00 bits per heavy atom. The molecule has 0 radical (unpaired) electrons. The van der Waals surface area contributed by atoms with Crippen molar-refractivity contribution in [2.75, 3.05) is 7.11 Å². The molecule has 0 saturated carbocycles. The molecule has 0 unspecified atom stereocenters. The molecule has 0 amide bonds. The van der Waals surface area contributed by atoms with Crippen LogP contribution in [0.15, 0.2) is 53.2 Å². The van der Waals surface area contributed by atoms with Crippen LogP contribution in [0.2, 0.25) is 0 Å². The summed E-state index contributed by atoms with van der Waals surface area (Å²) in [6.07, 6.45) is 2.82. The van der Waals surface area contributed by atoms with E-state index in [1.54, 1.807) is 32.0 Å². The van der Waals surface area contributed by atoms with E-state index in [0.29, 0.717) is 12.2 Å². The molecule has 0 saturated heterocycles. The second-order valence-corrected chi connectivity index (χ2v) is 6.63. The summed E-state index contributed by atoms with van der Waals surface area (Å²) < 4.78 is 25.2. The Bertz CT molecular complexity index is 1000. The minimum absolute atomic E-state index is 0.00318. The first-order chi connectivity index (χ1) is 13.3. The minimum Gasteiger partial charge on any atom is -0.504 e. The number of hydrogen-bond donors (Lipinski definition) is 1. The molecule has 28 heavy (non-hydrogen) atoms. The first-order valence-electron chi connectivity index (χ1n) is 8.54. The van der Waals surface area contributed by atoms with E-state index in [1.165, 1.54) is 36.3 Å². The molecule has 0 aliphatic heterocycles. The molecule has 0 spiro atoms. The summed E-state index contributed by atoms with van der Waals surface area (Å²) in [6.45, 7) is 3.56. The van der Waals surface area contributed by atoms with Crippen molar-refractivity contribution in [3.05, 3.63) is 77.5 Å². The molecule has 0 fully saturated rings. The molecule has 0 aliphatic carbocycles. The Morgan fingerprint density at radius 3 is 2.68 bits per heavy atom. The van der Waals surface area contributed by atoms with Gasteiger partial charge in [0, 0.05) is 19.6 Å². The van der Waals surface area contributed by atoms with Crippen molar-refractivity contribution in [3.8, 4) is 0 Å². The average Bonchev–Trinajstić information content (AvgIpc) is 3.33. The molecule has 1 N–H and O–H groups in total. The van der Waals surface area contributed by atoms with Crippen LogP contribution in [0.25, 0.3) is 5.76 Å². The van der Waals surface area contributed by atoms with E-state index < -0.39 is 11.5 Å². The van der Waals surface area contributed by atoms with Crippen LogP contribution in [-0.4, -0.2) is 32.8 Å². The number of hydrogen-bond acceptors (Lipinski definition) is 6. The van der Waals surface area contributed by atoms with E-state index in [1.807, 2.05) is 0 Å². The van der Waals surface area contributed by atoms with Crippen molar-refractivity contribution >= 4 is 11.5 Å². The molecule has 8 heteroatoms. The minimum atomic E-state index is -0.744. The van der Waals surface area contributed by atoms with Gasteiger partial charge in [0.2, 0.25) is 11.6 Å². The van der Waals surface area contributed by atoms with Crippen molar-refractivity contribution < 1.29 is 23.4 Å². The van der Waals surface area contributed by atoms with Crippen LogP contribution in [-0.2, 0) is 16.9 Å². The molecule has 3 rings (SSSR count). The second kappa shape index (κ2) is 7.77. The van der Waals surface area contributed by atoms with Crippen molar-refractivity contribution in [2.45, 2.75) is 26.0 Å². The largest absolute Gasteiger partial charge is 0.504 e. The van der Waals surface area contributed by atoms with Crippen LogP contribution >= 0.6 is 0 Å². The number of allylic oxidation sites excluding steroid dienone is 1. The highest BCUT2D eigenvalue weighted by atomic mass is 19.1. The molecule has 3 aromatic rings. The molecule has 0 atom stereocenters. The maximum Gasteiger partial charge on any atom is 0.224 e. The van der Waals surface area contributed by atoms with E-state index in [0.717, 1.165) is 11.6 Å². The van der Waals surface area contributed by atoms with E-state index in [4.69, 9.17) is 9.15 Å². The first-order valence-corrected chi connectivity index (χ1v) is 8.54. The predicted molar refractivity (Wildman–Crippen MR) is 99.2 cm³/mol. The van der Waals surface area contributed by atoms with Crippen molar-refractivity contribution in [1.82, 2.24) is 14.8 Å². The van der Waals surface area contributed by atoms with Crippen LogP contribution in [0.1, 0.15) is 41.6 Å². The highest BCUT2D eigenvalue weighted by Gasteiger charge is 2.22. The zero-order valence-corrected chi connectivity index (χ0v) is 15.7. The normalized spacial score (nSPS) is 12.4. The van der Waals surface area contributed by atoms with Crippen molar-refractivity contribution in [3.63, 3.8) is 0 Å². The third-order valence-corrected chi connectivity index (χ3v) is 4.24. The number of carbonyl (C=O) groups excluding carboxylic acids is 1. The first kappa shape index (κ1) is 19.5. The molecule has 0 bridgehead atoms. The number of aliphatic hydroxyl groups is 1. The maximum atomic E-state index is 13.0. The van der Waals surface area contributed by atoms with Crippen molar-refractivity contribution in [1.29, 1.82) is 0 Å². The third kappa shape index (κ3) is 4.34. The van der Waals surface area contributed by atoms with Gasteiger partial charge in [-0.1, -0.05) is 12.1 Å². The number of ketones is 1. The summed E-state index contributed by atoms with van der Waals surface area (Å²) in [5.41, 5.74) is 0.106. The fourth-order valence-electron chi connectivity index (χ4n) is 2.40. The Morgan fingerprint density at radius 1 is 1.29 bits per heavy atom. The molecule has 0 aliphatic rings. The number of nitrogens with zero attached hydrogens (tertiary/aromatic N) is 3. The van der Waals surface area contributed by atoms with Crippen LogP contribution in [0.5, 0.6) is 0 Å². The lowest BCUT2D eigenvalue weighted by molar-refractivity contribution is -0.0552. The summed E-state index contributed by atoms with van der Waals surface area (Å²) in [5, 5.41) is 14.3. The highest BCUT2D eigenvalue weighted by Crippen LogP contribution is 2.18. The summed E-state index contributed by atoms with van der Waals surface area (Å²) in [5.74, 6) is -0.606. The number of methoxy groups -OCH3 is 1. The van der Waals surface area contributed by atoms with Gasteiger partial charge in [0.1, 0.15) is 17.9 Å². The lowest BCUT2D eigenvalue weighted by Crippen LogP contribution is -2.28. The predicted octanol–water partition coefficient (Wildman–Crippen LogP) is 3.72. The quantitative estimate of drug-likeness (QED) is 0.379. The number of carbonyl (C=O) groups is 1. The Labute approximate surface area is 161 Å². The maximum absolute atomic E-state index is 13.0. The number of furan rings is 1. The fourth-order valence-corrected chi connectivity index (χ4v) is 2.40. The molecule has 7 nitrogen and oxygen atoms in total. The smallest absolute Gasteiger partial charge is 0.224 e. The lowest BCUT2D eigenvalue weighted by atomic mass is 10.1. The van der Waals surface area contributed by atoms with E-state index >= 15 is 0 Å². The Hall–Kier alpha value is -3.26. The van der Waals surface area contributed by atoms with E-state index in [-0.39, 0.29) is 23.2 Å². The third-order valence-electron chi connectivity index (χ3n) is 4.24. The van der Waals surface area contributed by atoms with Gasteiger partial charge in [-0.3, -0.25) is 4.79 Å². The monoisotopic (exact) mass is 385 g/mol. The summed E-state index contributed by atoms with van der Waals surface area (Å²) in [7, 11) is 1.53. The van der Waals surface area contributed by atoms with Gasteiger partial charge in [-0.2, -0.15) is 0 Å². The fraction of sp³-hybridized carbons (Fsp3) is 0.250. The van der Waals surface area contributed by atoms with Gasteiger partial charge in [0.05, 0.1) is 0 Å². The van der Waals surface area contributed by atoms with Gasteiger partial charge in [-0.05, 0) is 43.7 Å². The number of halogens is 1. The van der Waals surface area contributed by atoms with Crippen molar-refractivity contribution in [2.24, 2.45) is 0 Å². The Balaban J connectivity index is 1.72. The summed E-state index contributed by atoms with van der Waals surface area (Å²) in [6, 6.07) is 9.20. The molecule has 146 valence electrons. The van der Waals surface area contributed by atoms with Gasteiger partial charge in [-0.25, -0.2) is 14.1 Å². The van der Waals surface area contributed by atoms with E-state index in [9.17, 15) is 14.3 Å². The van der Waals surface area contributed by atoms with Crippen LogP contribution < -0.4 is 0 Å². The van der Waals surface area contributed by atoms with Gasteiger partial charge >= 0.3 is 0 Å². The average molecular weight is 385 g/mol.